The smallest absolute Gasteiger partial charge is 0.258 e. The molecule has 0 aliphatic carbocycles. The van der Waals surface area contributed by atoms with Gasteiger partial charge in [0.2, 0.25) is 0 Å². The Kier molecular flexibility index (Phi) is 3.97. The summed E-state index contributed by atoms with van der Waals surface area (Å²) in [5.41, 5.74) is 0.541. The second-order valence-corrected chi connectivity index (χ2v) is 4.36. The zero-order chi connectivity index (χ0) is 13.0. The topological polar surface area (TPSA) is 46.6 Å². The Morgan fingerprint density at radius 3 is 2.94 bits per heavy atom. The van der Waals surface area contributed by atoms with E-state index in [1.807, 2.05) is 13.0 Å². The number of hydrogen-bond donors (Lipinski definition) is 0. The fourth-order valence-electron chi connectivity index (χ4n) is 2.03. The summed E-state index contributed by atoms with van der Waals surface area (Å²) in [6, 6.07) is 7.16. The zero-order valence-electron chi connectivity index (χ0n) is 10.5. The number of hydrogen-bond acceptors (Lipinski definition) is 3. The van der Waals surface area contributed by atoms with Crippen LogP contribution in [0.15, 0.2) is 24.3 Å². The lowest BCUT2D eigenvalue weighted by Gasteiger charge is -2.18. The summed E-state index contributed by atoms with van der Waals surface area (Å²) in [6.07, 6.45) is 1.33. The molecule has 0 unspecified atom stereocenters. The number of amides is 1. The molecule has 2 rings (SSSR count). The number of Topliss-reactive ketones (excluding diaryl/α,β-unsaturated/α-hetero) is 1. The van der Waals surface area contributed by atoms with E-state index in [0.29, 0.717) is 30.9 Å². The molecule has 1 amide bonds. The van der Waals surface area contributed by atoms with Gasteiger partial charge in [0.25, 0.3) is 5.91 Å². The van der Waals surface area contributed by atoms with Crippen LogP contribution in [-0.2, 0) is 4.79 Å². The average molecular weight is 247 g/mol. The number of fused-ring (bicyclic) bond motifs is 1. The number of carbonyl (C=O) groups excluding carboxylic acids is 2. The van der Waals surface area contributed by atoms with Gasteiger partial charge in [-0.1, -0.05) is 19.1 Å². The number of para-hydroxylation sites is 1. The van der Waals surface area contributed by atoms with E-state index in [4.69, 9.17) is 4.74 Å². The van der Waals surface area contributed by atoms with Gasteiger partial charge in [-0.2, -0.15) is 0 Å². The molecule has 1 aromatic carbocycles. The van der Waals surface area contributed by atoms with Crippen molar-refractivity contribution in [3.8, 4) is 5.75 Å². The lowest BCUT2D eigenvalue weighted by molar-refractivity contribution is -0.119. The Morgan fingerprint density at radius 1 is 1.39 bits per heavy atom. The average Bonchev–Trinajstić information content (AvgIpc) is 2.51. The van der Waals surface area contributed by atoms with E-state index in [1.54, 1.807) is 23.1 Å². The summed E-state index contributed by atoms with van der Waals surface area (Å²) in [5, 5.41) is 0. The van der Waals surface area contributed by atoms with Gasteiger partial charge in [0, 0.05) is 6.42 Å². The van der Waals surface area contributed by atoms with Crippen molar-refractivity contribution in [2.24, 2.45) is 0 Å². The zero-order valence-corrected chi connectivity index (χ0v) is 10.5. The lowest BCUT2D eigenvalue weighted by Crippen LogP contribution is -2.36. The van der Waals surface area contributed by atoms with Crippen molar-refractivity contribution in [1.29, 1.82) is 0 Å². The monoisotopic (exact) mass is 247 g/mol. The quantitative estimate of drug-likeness (QED) is 0.816. The SMILES string of the molecule is CCCC(=O)CN1CCOc2ccccc2C1=O. The fraction of sp³-hybridized carbons (Fsp3) is 0.429. The second-order valence-electron chi connectivity index (χ2n) is 4.36. The summed E-state index contributed by atoms with van der Waals surface area (Å²) in [6.45, 7) is 3.04. The third-order valence-corrected chi connectivity index (χ3v) is 2.92. The summed E-state index contributed by atoms with van der Waals surface area (Å²) in [4.78, 5) is 25.5. The van der Waals surface area contributed by atoms with Gasteiger partial charge < -0.3 is 9.64 Å². The van der Waals surface area contributed by atoms with Gasteiger partial charge >= 0.3 is 0 Å². The number of rotatable bonds is 4. The van der Waals surface area contributed by atoms with Crippen LogP contribution in [0.4, 0.5) is 0 Å². The first-order chi connectivity index (χ1) is 8.72. The molecule has 0 fully saturated rings. The highest BCUT2D eigenvalue weighted by atomic mass is 16.5. The minimum Gasteiger partial charge on any atom is -0.491 e. The Morgan fingerprint density at radius 2 is 2.17 bits per heavy atom. The molecule has 96 valence electrons. The molecule has 0 atom stereocenters. The molecule has 4 nitrogen and oxygen atoms in total. The predicted octanol–water partition coefficient (Wildman–Crippen LogP) is 1.89. The van der Waals surface area contributed by atoms with Crippen LogP contribution in [0.1, 0.15) is 30.1 Å². The van der Waals surface area contributed by atoms with Crippen LogP contribution in [0.5, 0.6) is 5.75 Å². The molecular weight excluding hydrogens is 230 g/mol. The van der Waals surface area contributed by atoms with Crippen LogP contribution < -0.4 is 4.74 Å². The van der Waals surface area contributed by atoms with E-state index < -0.39 is 0 Å². The number of nitrogens with zero attached hydrogens (tertiary/aromatic N) is 1. The molecule has 0 N–H and O–H groups in total. The largest absolute Gasteiger partial charge is 0.491 e. The number of benzene rings is 1. The third-order valence-electron chi connectivity index (χ3n) is 2.92. The van der Waals surface area contributed by atoms with Crippen LogP contribution in [-0.4, -0.2) is 36.3 Å². The Balaban J connectivity index is 2.15. The first-order valence-corrected chi connectivity index (χ1v) is 6.25. The highest BCUT2D eigenvalue weighted by Gasteiger charge is 2.24. The van der Waals surface area contributed by atoms with Gasteiger partial charge in [-0.05, 0) is 18.6 Å². The normalized spacial score (nSPS) is 14.7. The van der Waals surface area contributed by atoms with Crippen LogP contribution in [0.2, 0.25) is 0 Å². The molecule has 1 aliphatic heterocycles. The molecule has 0 aromatic heterocycles. The molecule has 0 radical (unpaired) electrons. The van der Waals surface area contributed by atoms with Crippen molar-refractivity contribution in [2.75, 3.05) is 19.7 Å². The molecule has 1 heterocycles. The first-order valence-electron chi connectivity index (χ1n) is 6.25. The molecule has 0 spiro atoms. The van der Waals surface area contributed by atoms with Crippen molar-refractivity contribution in [3.63, 3.8) is 0 Å². The van der Waals surface area contributed by atoms with Crippen LogP contribution in [0.25, 0.3) is 0 Å². The molecule has 1 aromatic rings. The molecule has 0 saturated carbocycles. The predicted molar refractivity (Wildman–Crippen MR) is 67.8 cm³/mol. The van der Waals surface area contributed by atoms with Gasteiger partial charge in [0.05, 0.1) is 18.7 Å². The molecule has 4 heteroatoms. The van der Waals surface area contributed by atoms with Gasteiger partial charge in [-0.3, -0.25) is 9.59 Å². The van der Waals surface area contributed by atoms with E-state index >= 15 is 0 Å². The van der Waals surface area contributed by atoms with Gasteiger partial charge in [0.1, 0.15) is 12.4 Å². The van der Waals surface area contributed by atoms with Crippen molar-refractivity contribution in [2.45, 2.75) is 19.8 Å². The van der Waals surface area contributed by atoms with Crippen molar-refractivity contribution >= 4 is 11.7 Å². The Bertz CT molecular complexity index is 456. The van der Waals surface area contributed by atoms with Crippen molar-refractivity contribution < 1.29 is 14.3 Å². The summed E-state index contributed by atoms with van der Waals surface area (Å²) in [7, 11) is 0. The maximum Gasteiger partial charge on any atom is 0.258 e. The van der Waals surface area contributed by atoms with E-state index in [0.717, 1.165) is 6.42 Å². The Hall–Kier alpha value is -1.84. The van der Waals surface area contributed by atoms with Gasteiger partial charge in [0.15, 0.2) is 5.78 Å². The van der Waals surface area contributed by atoms with Crippen molar-refractivity contribution in [3.05, 3.63) is 29.8 Å². The minimum absolute atomic E-state index is 0.102. The van der Waals surface area contributed by atoms with Crippen LogP contribution in [0.3, 0.4) is 0 Å². The molecule has 1 aliphatic rings. The van der Waals surface area contributed by atoms with E-state index in [9.17, 15) is 9.59 Å². The summed E-state index contributed by atoms with van der Waals surface area (Å²) < 4.78 is 5.52. The number of ketones is 1. The van der Waals surface area contributed by atoms with Crippen molar-refractivity contribution in [1.82, 2.24) is 4.90 Å². The first kappa shape index (κ1) is 12.6. The fourth-order valence-corrected chi connectivity index (χ4v) is 2.03. The minimum atomic E-state index is -0.118. The summed E-state index contributed by atoms with van der Waals surface area (Å²) >= 11 is 0. The Labute approximate surface area is 107 Å². The maximum atomic E-state index is 12.3. The lowest BCUT2D eigenvalue weighted by atomic mass is 10.1. The number of ether oxygens (including phenoxy) is 1. The van der Waals surface area contributed by atoms with E-state index in [1.165, 1.54) is 0 Å². The molecule has 0 saturated heterocycles. The highest BCUT2D eigenvalue weighted by Crippen LogP contribution is 2.22. The van der Waals surface area contributed by atoms with Gasteiger partial charge in [-0.15, -0.1) is 0 Å². The van der Waals surface area contributed by atoms with E-state index in [-0.39, 0.29) is 18.2 Å². The standard InChI is InChI=1S/C14H17NO3/c1-2-5-11(16)10-15-8-9-18-13-7-4-3-6-12(13)14(15)17/h3-4,6-7H,2,5,8-10H2,1H3. The van der Waals surface area contributed by atoms with E-state index in [2.05, 4.69) is 0 Å². The second kappa shape index (κ2) is 5.67. The third kappa shape index (κ3) is 2.70. The van der Waals surface area contributed by atoms with Crippen LogP contribution in [0, 0.1) is 0 Å². The van der Waals surface area contributed by atoms with Gasteiger partial charge in [-0.25, -0.2) is 0 Å². The molecule has 0 bridgehead atoms. The highest BCUT2D eigenvalue weighted by molar-refractivity contribution is 5.99. The van der Waals surface area contributed by atoms with Crippen LogP contribution >= 0.6 is 0 Å². The maximum absolute atomic E-state index is 12.3. The number of carbonyl (C=O) groups is 2. The molecule has 18 heavy (non-hydrogen) atoms. The summed E-state index contributed by atoms with van der Waals surface area (Å²) in [5.74, 6) is 0.589. The molecular formula is C14H17NO3.